The van der Waals surface area contributed by atoms with Gasteiger partial charge in [-0.3, -0.25) is 9.69 Å². The lowest BCUT2D eigenvalue weighted by Crippen LogP contribution is -2.56. The molecule has 15 heteroatoms. The molecule has 59 heavy (non-hydrogen) atoms. The molecule has 4 aliphatic heterocycles. The van der Waals surface area contributed by atoms with Crippen LogP contribution in [0.2, 0.25) is 0 Å². The maximum absolute atomic E-state index is 9.77. The predicted molar refractivity (Wildman–Crippen MR) is 231 cm³/mol. The highest BCUT2D eigenvalue weighted by Gasteiger charge is 2.29. The van der Waals surface area contributed by atoms with Crippen LogP contribution in [-0.2, 0) is 14.3 Å². The first-order valence-electron chi connectivity index (χ1n) is 20.3. The predicted octanol–water partition coefficient (Wildman–Crippen LogP) is 5.15. The van der Waals surface area contributed by atoms with Crippen LogP contribution in [0.5, 0.6) is 0 Å². The number of piperazine rings is 2. The molecule has 4 aromatic carbocycles. The van der Waals surface area contributed by atoms with Crippen molar-refractivity contribution < 1.29 is 14.3 Å². The third kappa shape index (κ3) is 10.7. The van der Waals surface area contributed by atoms with Crippen LogP contribution in [-0.4, -0.2) is 125 Å². The second-order valence-corrected chi connectivity index (χ2v) is 15.0. The Morgan fingerprint density at radius 1 is 0.593 bits per heavy atom. The first-order valence-corrected chi connectivity index (χ1v) is 20.3. The molecule has 3 N–H and O–H groups in total. The van der Waals surface area contributed by atoms with Gasteiger partial charge in [-0.05, 0) is 85.6 Å². The summed E-state index contributed by atoms with van der Waals surface area (Å²) in [5, 5.41) is 19.2. The van der Waals surface area contributed by atoms with Crippen LogP contribution in [0.4, 0.5) is 34.6 Å². The fraction of sp³-hybridized carbons (Fsp3) is 0.341. The molecule has 6 heterocycles. The van der Waals surface area contributed by atoms with Crippen molar-refractivity contribution in [2.75, 3.05) is 99.2 Å². The molecule has 0 bridgehead atoms. The number of nitrogens with zero attached hydrogens (tertiary/aromatic N) is 9. The highest BCUT2D eigenvalue weighted by atomic mass is 16.5. The number of carbonyl (C=O) groups excluding carboxylic acids is 1. The number of nitrogens with one attached hydrogen (secondary N) is 3. The van der Waals surface area contributed by atoms with Crippen molar-refractivity contribution in [3.63, 3.8) is 0 Å². The van der Waals surface area contributed by atoms with Crippen LogP contribution in [0.15, 0.2) is 110 Å². The van der Waals surface area contributed by atoms with Crippen LogP contribution in [0.3, 0.4) is 0 Å². The molecule has 306 valence electrons. The summed E-state index contributed by atoms with van der Waals surface area (Å²) in [6.45, 7) is 15.1. The van der Waals surface area contributed by atoms with Gasteiger partial charge in [-0.25, -0.2) is 9.36 Å². The molecule has 0 aliphatic carbocycles. The average Bonchev–Trinajstić information content (AvgIpc) is 3.91. The molecule has 0 saturated carbocycles. The number of ether oxygens (including phenoxy) is 2. The van der Waals surface area contributed by atoms with E-state index in [2.05, 4.69) is 106 Å². The van der Waals surface area contributed by atoms with E-state index in [0.717, 1.165) is 88.3 Å². The molecule has 2 aromatic heterocycles. The number of Topliss-reactive ketones (excluding diaryl/α,β-unsaturated/α-hetero) is 1. The third-order valence-electron chi connectivity index (χ3n) is 10.5. The van der Waals surface area contributed by atoms with Crippen LogP contribution >= 0.6 is 0 Å². The molecular formula is C44H52N12O3. The number of aromatic nitrogens is 6. The van der Waals surface area contributed by atoms with Crippen LogP contribution in [0, 0.1) is 13.8 Å². The van der Waals surface area contributed by atoms with Crippen LogP contribution in [0.1, 0.15) is 11.1 Å². The summed E-state index contributed by atoms with van der Waals surface area (Å²) in [4.78, 5) is 26.0. The third-order valence-corrected chi connectivity index (χ3v) is 10.5. The Labute approximate surface area is 345 Å². The first kappa shape index (κ1) is 39.7. The number of hydrogen-bond acceptors (Lipinski definition) is 13. The molecule has 4 saturated heterocycles. The maximum Gasteiger partial charge on any atom is 0.246 e. The van der Waals surface area contributed by atoms with Crippen LogP contribution in [0.25, 0.3) is 11.4 Å². The Kier molecular flexibility index (Phi) is 12.8. The van der Waals surface area contributed by atoms with Gasteiger partial charge in [0.25, 0.3) is 0 Å². The Hall–Kier alpha value is -6.13. The SMILES string of the molecule is Cc1cc(Nc2ncn(-c3ccccc3)n2)cc(N2CCN(C3COC3)CC2)c1.Cc1cc(Nc2ncn(-c3ccccc3)n2)cc(N2CCNCC2)c1.O=C1COC1. The Bertz CT molecular complexity index is 2260. The zero-order chi connectivity index (χ0) is 40.4. The molecule has 0 spiro atoms. The summed E-state index contributed by atoms with van der Waals surface area (Å²) in [5.41, 5.74) is 8.95. The van der Waals surface area contributed by atoms with Gasteiger partial charge in [0.1, 0.15) is 25.9 Å². The van der Waals surface area contributed by atoms with Gasteiger partial charge in [0.2, 0.25) is 11.9 Å². The van der Waals surface area contributed by atoms with Crippen molar-refractivity contribution in [1.29, 1.82) is 0 Å². The van der Waals surface area contributed by atoms with E-state index in [1.807, 2.05) is 60.7 Å². The second-order valence-electron chi connectivity index (χ2n) is 15.0. The van der Waals surface area contributed by atoms with Crippen molar-refractivity contribution >= 4 is 40.4 Å². The van der Waals surface area contributed by atoms with Gasteiger partial charge in [-0.15, -0.1) is 10.2 Å². The van der Waals surface area contributed by atoms with Gasteiger partial charge < -0.3 is 35.2 Å². The van der Waals surface area contributed by atoms with Gasteiger partial charge in [-0.2, -0.15) is 9.97 Å². The quantitative estimate of drug-likeness (QED) is 0.178. The standard InChI is InChI=1S/C22H26N6O.C19H22N6.C3H4O2/c1-17-11-18(24-22-23-16-28(25-22)19-5-3-2-4-6-19)13-20(12-17)26-7-9-27(10-8-26)21-14-29-15-21;1-15-11-16(13-18(12-15)24-9-7-20-8-10-24)22-19-21-14-25(23-19)17-5-3-2-4-6-17;4-3-1-5-2-3/h2-6,11-13,16,21H,7-10,14-15H2,1H3,(H,24,25);2-6,11-14,20H,7-10H2,1H3,(H,22,23);1-2H2. The molecule has 0 unspecified atom stereocenters. The van der Waals surface area contributed by atoms with E-state index in [9.17, 15) is 4.79 Å². The number of rotatable bonds is 9. The van der Waals surface area contributed by atoms with Crippen LogP contribution < -0.4 is 25.8 Å². The van der Waals surface area contributed by atoms with Crippen molar-refractivity contribution in [1.82, 2.24) is 39.7 Å². The normalized spacial score (nSPS) is 16.8. The van der Waals surface area contributed by atoms with Crippen molar-refractivity contribution in [3.8, 4) is 11.4 Å². The van der Waals surface area contributed by atoms with Gasteiger partial charge in [0.05, 0.1) is 30.6 Å². The summed E-state index contributed by atoms with van der Waals surface area (Å²) in [6, 6.07) is 33.7. The molecule has 4 fully saturated rings. The summed E-state index contributed by atoms with van der Waals surface area (Å²) in [6.07, 6.45) is 3.46. The highest BCUT2D eigenvalue weighted by molar-refractivity contribution is 5.84. The van der Waals surface area contributed by atoms with E-state index >= 15 is 0 Å². The fourth-order valence-electron chi connectivity index (χ4n) is 7.23. The minimum absolute atomic E-state index is 0.213. The lowest BCUT2D eigenvalue weighted by molar-refractivity contribution is -0.140. The van der Waals surface area contributed by atoms with Crippen molar-refractivity contribution in [3.05, 3.63) is 121 Å². The van der Waals surface area contributed by atoms with E-state index in [1.54, 1.807) is 22.0 Å². The van der Waals surface area contributed by atoms with Gasteiger partial charge in [0.15, 0.2) is 5.78 Å². The summed E-state index contributed by atoms with van der Waals surface area (Å²) in [5.74, 6) is 1.41. The highest BCUT2D eigenvalue weighted by Crippen LogP contribution is 2.27. The number of aryl methyl sites for hydroxylation is 2. The number of para-hydroxylation sites is 2. The topological polar surface area (TPSA) is 143 Å². The minimum Gasteiger partial charge on any atom is -0.378 e. The Morgan fingerprint density at radius 3 is 1.49 bits per heavy atom. The van der Waals surface area contributed by atoms with Crippen molar-refractivity contribution in [2.24, 2.45) is 0 Å². The zero-order valence-corrected chi connectivity index (χ0v) is 33.7. The second kappa shape index (κ2) is 19.1. The van der Waals surface area contributed by atoms with Gasteiger partial charge >= 0.3 is 0 Å². The molecule has 10 rings (SSSR count). The largest absolute Gasteiger partial charge is 0.378 e. The molecule has 15 nitrogen and oxygen atoms in total. The Morgan fingerprint density at radius 2 is 1.07 bits per heavy atom. The number of carbonyl (C=O) groups is 1. The number of ketones is 1. The van der Waals surface area contributed by atoms with Gasteiger partial charge in [0, 0.05) is 75.1 Å². The Balaban J connectivity index is 0.000000148. The lowest BCUT2D eigenvalue weighted by Gasteiger charge is -2.43. The first-order chi connectivity index (χ1) is 28.9. The maximum atomic E-state index is 9.77. The smallest absolute Gasteiger partial charge is 0.246 e. The minimum atomic E-state index is 0.213. The molecule has 0 amide bonds. The van der Waals surface area contributed by atoms with E-state index in [-0.39, 0.29) is 5.78 Å². The van der Waals surface area contributed by atoms with E-state index in [0.29, 0.717) is 31.2 Å². The van der Waals surface area contributed by atoms with E-state index in [1.165, 1.54) is 22.5 Å². The van der Waals surface area contributed by atoms with E-state index in [4.69, 9.17) is 4.74 Å². The average molecular weight is 797 g/mol. The summed E-state index contributed by atoms with van der Waals surface area (Å²) >= 11 is 0. The molecule has 0 radical (unpaired) electrons. The summed E-state index contributed by atoms with van der Waals surface area (Å²) in [7, 11) is 0. The van der Waals surface area contributed by atoms with E-state index < -0.39 is 0 Å². The fourth-order valence-corrected chi connectivity index (χ4v) is 7.23. The number of anilines is 6. The monoisotopic (exact) mass is 796 g/mol. The number of hydrogen-bond donors (Lipinski definition) is 3. The van der Waals surface area contributed by atoms with Crippen molar-refractivity contribution in [2.45, 2.75) is 19.9 Å². The lowest BCUT2D eigenvalue weighted by atomic mass is 10.1. The summed E-state index contributed by atoms with van der Waals surface area (Å²) < 4.78 is 13.4. The van der Waals surface area contributed by atoms with Gasteiger partial charge in [-0.1, -0.05) is 36.4 Å². The number of benzene rings is 4. The molecule has 4 aliphatic rings. The molecular weight excluding hydrogens is 745 g/mol. The zero-order valence-electron chi connectivity index (χ0n) is 33.7. The molecule has 6 aromatic rings. The molecule has 0 atom stereocenters.